The van der Waals surface area contributed by atoms with Gasteiger partial charge in [-0.3, -0.25) is 19.5 Å². The monoisotopic (exact) mass is 258 g/mol. The Morgan fingerprint density at radius 3 is 2.35 bits per heavy atom. The number of pyridine rings is 1. The van der Waals surface area contributed by atoms with Crippen LogP contribution >= 0.6 is 11.6 Å². The second-order valence-electron chi connectivity index (χ2n) is 3.40. The van der Waals surface area contributed by atoms with Crippen molar-refractivity contribution in [3.05, 3.63) is 29.0 Å². The lowest BCUT2D eigenvalue weighted by Crippen LogP contribution is -2.34. The molecule has 1 rings (SSSR count). The van der Waals surface area contributed by atoms with E-state index in [1.807, 2.05) is 0 Å². The highest BCUT2D eigenvalue weighted by Gasteiger charge is 2.15. The molecule has 0 aliphatic carbocycles. The van der Waals surface area contributed by atoms with E-state index in [4.69, 9.17) is 21.8 Å². The number of hydrogen-bond donors (Lipinski definition) is 2. The summed E-state index contributed by atoms with van der Waals surface area (Å²) in [6, 6.07) is 1.62. The van der Waals surface area contributed by atoms with Gasteiger partial charge < -0.3 is 10.2 Å². The van der Waals surface area contributed by atoms with E-state index in [1.54, 1.807) is 6.07 Å². The third-order valence-electron chi connectivity index (χ3n) is 1.97. The van der Waals surface area contributed by atoms with Crippen molar-refractivity contribution in [1.29, 1.82) is 0 Å². The van der Waals surface area contributed by atoms with E-state index < -0.39 is 11.9 Å². The molecule has 0 radical (unpaired) electrons. The molecule has 0 aliphatic heterocycles. The first-order valence-electron chi connectivity index (χ1n) is 4.73. The third-order valence-corrected chi connectivity index (χ3v) is 2.31. The van der Waals surface area contributed by atoms with Crippen LogP contribution in [0.5, 0.6) is 0 Å². The van der Waals surface area contributed by atoms with Crippen molar-refractivity contribution in [2.24, 2.45) is 0 Å². The molecule has 0 fully saturated rings. The zero-order valence-corrected chi connectivity index (χ0v) is 9.59. The van der Waals surface area contributed by atoms with Gasteiger partial charge in [-0.15, -0.1) is 0 Å². The van der Waals surface area contributed by atoms with Gasteiger partial charge in [-0.2, -0.15) is 0 Å². The molecule has 17 heavy (non-hydrogen) atoms. The quantitative estimate of drug-likeness (QED) is 0.781. The predicted octanol–water partition coefficient (Wildman–Crippen LogP) is 0.706. The van der Waals surface area contributed by atoms with E-state index >= 15 is 0 Å². The van der Waals surface area contributed by atoms with Gasteiger partial charge in [0.25, 0.3) is 0 Å². The fourth-order valence-electron chi connectivity index (χ4n) is 1.32. The van der Waals surface area contributed by atoms with Crippen LogP contribution in [-0.4, -0.2) is 45.1 Å². The summed E-state index contributed by atoms with van der Waals surface area (Å²) >= 11 is 5.86. The molecule has 0 bridgehead atoms. The maximum absolute atomic E-state index is 10.6. The number of aromatic nitrogens is 1. The average Bonchev–Trinajstić information content (AvgIpc) is 2.19. The number of rotatable bonds is 6. The molecular weight excluding hydrogens is 248 g/mol. The van der Waals surface area contributed by atoms with Crippen LogP contribution < -0.4 is 0 Å². The first-order chi connectivity index (χ1) is 7.99. The molecule has 6 nitrogen and oxygen atoms in total. The Balaban J connectivity index is 2.75. The van der Waals surface area contributed by atoms with Gasteiger partial charge in [-0.1, -0.05) is 11.6 Å². The Kier molecular flexibility index (Phi) is 4.86. The molecule has 0 aromatic carbocycles. The number of halogens is 1. The summed E-state index contributed by atoms with van der Waals surface area (Å²) in [6.45, 7) is -0.560. The molecule has 0 spiro atoms. The Hall–Kier alpha value is -1.66. The molecule has 0 atom stereocenters. The molecule has 92 valence electrons. The van der Waals surface area contributed by atoms with Gasteiger partial charge in [-0.05, 0) is 11.6 Å². The van der Waals surface area contributed by atoms with Crippen LogP contribution in [0.15, 0.2) is 18.5 Å². The highest BCUT2D eigenvalue weighted by atomic mass is 35.5. The summed E-state index contributed by atoms with van der Waals surface area (Å²) in [5, 5.41) is 17.7. The van der Waals surface area contributed by atoms with Gasteiger partial charge in [0.2, 0.25) is 0 Å². The number of carboxylic acid groups (broad SMARTS) is 2. The van der Waals surface area contributed by atoms with Crippen molar-refractivity contribution >= 4 is 23.5 Å². The lowest BCUT2D eigenvalue weighted by Gasteiger charge is -2.18. The summed E-state index contributed by atoms with van der Waals surface area (Å²) in [5.74, 6) is -2.17. The lowest BCUT2D eigenvalue weighted by molar-refractivity contribution is -0.142. The van der Waals surface area contributed by atoms with Gasteiger partial charge >= 0.3 is 11.9 Å². The van der Waals surface area contributed by atoms with Crippen molar-refractivity contribution in [2.45, 2.75) is 6.54 Å². The lowest BCUT2D eigenvalue weighted by atomic mass is 10.2. The Labute approximate surface area is 102 Å². The first kappa shape index (κ1) is 13.4. The Morgan fingerprint density at radius 1 is 1.29 bits per heavy atom. The number of carbonyl (C=O) groups is 2. The normalized spacial score (nSPS) is 10.5. The van der Waals surface area contributed by atoms with Crippen LogP contribution in [0.3, 0.4) is 0 Å². The summed E-state index contributed by atoms with van der Waals surface area (Å²) in [5.41, 5.74) is 0.643. The molecule has 1 aromatic heterocycles. The van der Waals surface area contributed by atoms with E-state index in [2.05, 4.69) is 4.98 Å². The van der Waals surface area contributed by atoms with Gasteiger partial charge in [0.1, 0.15) is 0 Å². The minimum atomic E-state index is -1.09. The van der Waals surface area contributed by atoms with Gasteiger partial charge in [-0.25, -0.2) is 0 Å². The smallest absolute Gasteiger partial charge is 0.317 e. The standard InChI is InChI=1S/C10H11ClN2O4/c11-8-3-12-2-1-7(8)4-13(5-9(14)15)6-10(16)17/h1-3H,4-6H2,(H,14,15)(H,16,17). The molecule has 0 saturated carbocycles. The minimum absolute atomic E-state index is 0.153. The zero-order valence-electron chi connectivity index (χ0n) is 8.84. The number of hydrogen-bond acceptors (Lipinski definition) is 4. The fraction of sp³-hybridized carbons (Fsp3) is 0.300. The second kappa shape index (κ2) is 6.17. The molecule has 1 aromatic rings. The zero-order chi connectivity index (χ0) is 12.8. The molecule has 1 heterocycles. The van der Waals surface area contributed by atoms with Crippen molar-refractivity contribution < 1.29 is 19.8 Å². The topological polar surface area (TPSA) is 90.7 Å². The van der Waals surface area contributed by atoms with Crippen molar-refractivity contribution in [1.82, 2.24) is 9.88 Å². The summed E-state index contributed by atoms with van der Waals surface area (Å²) in [6.07, 6.45) is 2.94. The highest BCUT2D eigenvalue weighted by Crippen LogP contribution is 2.15. The Morgan fingerprint density at radius 2 is 1.88 bits per heavy atom. The van der Waals surface area contributed by atoms with Crippen LogP contribution in [0.25, 0.3) is 0 Å². The molecule has 7 heteroatoms. The van der Waals surface area contributed by atoms with Gasteiger partial charge in [0.15, 0.2) is 0 Å². The molecule has 0 amide bonds. The summed E-state index contributed by atoms with van der Waals surface area (Å²) in [7, 11) is 0. The van der Waals surface area contributed by atoms with E-state index in [0.29, 0.717) is 10.6 Å². The van der Waals surface area contributed by atoms with E-state index in [-0.39, 0.29) is 19.6 Å². The van der Waals surface area contributed by atoms with E-state index in [0.717, 1.165) is 0 Å². The summed E-state index contributed by atoms with van der Waals surface area (Å²) in [4.78, 5) is 26.2. The highest BCUT2D eigenvalue weighted by molar-refractivity contribution is 6.31. The van der Waals surface area contributed by atoms with Crippen molar-refractivity contribution in [3.8, 4) is 0 Å². The summed E-state index contributed by atoms with van der Waals surface area (Å²) < 4.78 is 0. The second-order valence-corrected chi connectivity index (χ2v) is 3.81. The molecule has 2 N–H and O–H groups in total. The molecule has 0 saturated heterocycles. The van der Waals surface area contributed by atoms with Crippen LogP contribution in [0.4, 0.5) is 0 Å². The minimum Gasteiger partial charge on any atom is -0.480 e. The van der Waals surface area contributed by atoms with Crippen molar-refractivity contribution in [2.75, 3.05) is 13.1 Å². The number of carboxylic acids is 2. The predicted molar refractivity (Wildman–Crippen MR) is 59.8 cm³/mol. The third kappa shape index (κ3) is 4.80. The molecular formula is C10H11ClN2O4. The number of aliphatic carboxylic acids is 2. The SMILES string of the molecule is O=C(O)CN(CC(=O)O)Cc1ccncc1Cl. The van der Waals surface area contributed by atoms with Crippen LogP contribution in [-0.2, 0) is 16.1 Å². The number of nitrogens with zero attached hydrogens (tertiary/aromatic N) is 2. The van der Waals surface area contributed by atoms with E-state index in [9.17, 15) is 9.59 Å². The maximum atomic E-state index is 10.6. The van der Waals surface area contributed by atoms with Gasteiger partial charge in [0.05, 0.1) is 18.1 Å². The largest absolute Gasteiger partial charge is 0.480 e. The van der Waals surface area contributed by atoms with Crippen LogP contribution in [0.2, 0.25) is 5.02 Å². The first-order valence-corrected chi connectivity index (χ1v) is 5.11. The molecule has 0 unspecified atom stereocenters. The maximum Gasteiger partial charge on any atom is 0.317 e. The van der Waals surface area contributed by atoms with E-state index in [1.165, 1.54) is 17.3 Å². The van der Waals surface area contributed by atoms with Crippen molar-refractivity contribution in [3.63, 3.8) is 0 Å². The average molecular weight is 259 g/mol. The van der Waals surface area contributed by atoms with Crippen LogP contribution in [0.1, 0.15) is 5.56 Å². The van der Waals surface area contributed by atoms with Crippen LogP contribution in [0, 0.1) is 0 Å². The van der Waals surface area contributed by atoms with Gasteiger partial charge in [0, 0.05) is 18.9 Å². The Bertz CT molecular complexity index is 409. The fourth-order valence-corrected chi connectivity index (χ4v) is 1.50. The molecule has 0 aliphatic rings.